The predicted octanol–water partition coefficient (Wildman–Crippen LogP) is 2.82. The number of benzene rings is 2. The first-order chi connectivity index (χ1) is 8.15. The molecule has 2 aromatic carbocycles. The standard InChI is InChI=1S/C13H11FO3/c14-12-6-9(4-5-13(12)16)8-17-11-3-1-2-10(15)7-11/h1-7,15-16H,8H2. The smallest absolute Gasteiger partial charge is 0.165 e. The van der Waals surface area contributed by atoms with Crippen LogP contribution in [-0.4, -0.2) is 10.2 Å². The number of hydrogen-bond donors (Lipinski definition) is 2. The lowest BCUT2D eigenvalue weighted by atomic mass is 10.2. The fourth-order valence-electron chi connectivity index (χ4n) is 1.38. The second kappa shape index (κ2) is 4.74. The van der Waals surface area contributed by atoms with Crippen LogP contribution in [0.1, 0.15) is 5.56 Å². The summed E-state index contributed by atoms with van der Waals surface area (Å²) in [7, 11) is 0. The van der Waals surface area contributed by atoms with Gasteiger partial charge in [-0.1, -0.05) is 12.1 Å². The van der Waals surface area contributed by atoms with E-state index in [9.17, 15) is 9.50 Å². The third-order valence-electron chi connectivity index (χ3n) is 2.24. The molecule has 3 nitrogen and oxygen atoms in total. The molecule has 0 radical (unpaired) electrons. The molecule has 0 heterocycles. The Kier molecular flexibility index (Phi) is 3.14. The maximum absolute atomic E-state index is 13.0. The Morgan fingerprint density at radius 2 is 1.88 bits per heavy atom. The van der Waals surface area contributed by atoms with E-state index in [4.69, 9.17) is 9.84 Å². The topological polar surface area (TPSA) is 49.7 Å². The maximum atomic E-state index is 13.0. The van der Waals surface area contributed by atoms with Crippen molar-refractivity contribution in [1.29, 1.82) is 0 Å². The normalized spacial score (nSPS) is 10.2. The summed E-state index contributed by atoms with van der Waals surface area (Å²) in [5, 5.41) is 18.2. The molecule has 0 saturated heterocycles. The zero-order valence-corrected chi connectivity index (χ0v) is 8.93. The van der Waals surface area contributed by atoms with Gasteiger partial charge in [-0.25, -0.2) is 4.39 Å². The number of halogens is 1. The van der Waals surface area contributed by atoms with Crippen molar-refractivity contribution in [2.75, 3.05) is 0 Å². The predicted molar refractivity (Wildman–Crippen MR) is 60.5 cm³/mol. The van der Waals surface area contributed by atoms with Crippen molar-refractivity contribution in [3.05, 3.63) is 53.8 Å². The molecule has 0 aromatic heterocycles. The van der Waals surface area contributed by atoms with Gasteiger partial charge in [-0.05, 0) is 29.8 Å². The van der Waals surface area contributed by atoms with Crippen LogP contribution < -0.4 is 4.74 Å². The van der Waals surface area contributed by atoms with Gasteiger partial charge in [0.25, 0.3) is 0 Å². The molecule has 2 N–H and O–H groups in total. The number of phenolic OH excluding ortho intramolecular Hbond substituents is 2. The Bertz CT molecular complexity index is 526. The summed E-state index contributed by atoms with van der Waals surface area (Å²) >= 11 is 0. The van der Waals surface area contributed by atoms with E-state index in [1.165, 1.54) is 24.3 Å². The molecule has 0 bridgehead atoms. The molecule has 2 aromatic rings. The SMILES string of the molecule is Oc1cccc(OCc2ccc(O)c(F)c2)c1. The summed E-state index contributed by atoms with van der Waals surface area (Å²) in [5.74, 6) is -0.453. The van der Waals surface area contributed by atoms with Crippen molar-refractivity contribution >= 4 is 0 Å². The highest BCUT2D eigenvalue weighted by atomic mass is 19.1. The van der Waals surface area contributed by atoms with Crippen molar-refractivity contribution in [1.82, 2.24) is 0 Å². The van der Waals surface area contributed by atoms with Crippen LogP contribution in [0, 0.1) is 5.82 Å². The summed E-state index contributed by atoms with van der Waals surface area (Å²) in [6.07, 6.45) is 0. The Balaban J connectivity index is 2.05. The molecule has 0 saturated carbocycles. The Hall–Kier alpha value is -2.23. The van der Waals surface area contributed by atoms with E-state index in [2.05, 4.69) is 0 Å². The van der Waals surface area contributed by atoms with Gasteiger partial charge < -0.3 is 14.9 Å². The minimum atomic E-state index is -0.679. The van der Waals surface area contributed by atoms with Crippen LogP contribution in [0.3, 0.4) is 0 Å². The zero-order valence-electron chi connectivity index (χ0n) is 8.93. The van der Waals surface area contributed by atoms with E-state index in [0.717, 1.165) is 0 Å². The average Bonchev–Trinajstić information content (AvgIpc) is 2.31. The lowest BCUT2D eigenvalue weighted by molar-refractivity contribution is 0.303. The third-order valence-corrected chi connectivity index (χ3v) is 2.24. The fraction of sp³-hybridized carbons (Fsp3) is 0.0769. The quantitative estimate of drug-likeness (QED) is 0.858. The van der Waals surface area contributed by atoms with Crippen molar-refractivity contribution < 1.29 is 19.3 Å². The number of phenols is 2. The van der Waals surface area contributed by atoms with E-state index in [0.29, 0.717) is 11.3 Å². The molecule has 0 spiro atoms. The second-order valence-corrected chi connectivity index (χ2v) is 3.57. The molecule has 0 aliphatic heterocycles. The Morgan fingerprint density at radius 3 is 2.59 bits per heavy atom. The van der Waals surface area contributed by atoms with Gasteiger partial charge in [0.05, 0.1) is 0 Å². The van der Waals surface area contributed by atoms with Gasteiger partial charge in [-0.2, -0.15) is 0 Å². The number of hydrogen-bond acceptors (Lipinski definition) is 3. The van der Waals surface area contributed by atoms with Crippen LogP contribution in [0.5, 0.6) is 17.2 Å². The summed E-state index contributed by atoms with van der Waals surface area (Å²) in [4.78, 5) is 0. The molecule has 4 heteroatoms. The van der Waals surface area contributed by atoms with Gasteiger partial charge in [0, 0.05) is 6.07 Å². The van der Waals surface area contributed by atoms with Crippen LogP contribution >= 0.6 is 0 Å². The first-order valence-electron chi connectivity index (χ1n) is 5.04. The van der Waals surface area contributed by atoms with Crippen molar-refractivity contribution in [2.45, 2.75) is 6.61 Å². The first-order valence-corrected chi connectivity index (χ1v) is 5.04. The minimum Gasteiger partial charge on any atom is -0.508 e. The van der Waals surface area contributed by atoms with Crippen LogP contribution in [-0.2, 0) is 6.61 Å². The lowest BCUT2D eigenvalue weighted by Gasteiger charge is -2.07. The lowest BCUT2D eigenvalue weighted by Crippen LogP contribution is -1.95. The van der Waals surface area contributed by atoms with Gasteiger partial charge in [-0.3, -0.25) is 0 Å². The van der Waals surface area contributed by atoms with Crippen molar-refractivity contribution in [3.8, 4) is 17.2 Å². The van der Waals surface area contributed by atoms with E-state index < -0.39 is 5.82 Å². The molecule has 0 atom stereocenters. The zero-order chi connectivity index (χ0) is 12.3. The molecule has 0 aliphatic rings. The molecule has 0 aliphatic carbocycles. The highest BCUT2D eigenvalue weighted by Crippen LogP contribution is 2.20. The van der Waals surface area contributed by atoms with E-state index >= 15 is 0 Å². The third kappa shape index (κ3) is 2.87. The number of rotatable bonds is 3. The van der Waals surface area contributed by atoms with Gasteiger partial charge >= 0.3 is 0 Å². The molecule has 0 amide bonds. The summed E-state index contributed by atoms with van der Waals surface area (Å²) in [6.45, 7) is 0.167. The van der Waals surface area contributed by atoms with Gasteiger partial charge in [0.15, 0.2) is 11.6 Å². The monoisotopic (exact) mass is 234 g/mol. The molecule has 88 valence electrons. The largest absolute Gasteiger partial charge is 0.508 e. The van der Waals surface area contributed by atoms with Crippen LogP contribution in [0.2, 0.25) is 0 Å². The molecule has 0 unspecified atom stereocenters. The van der Waals surface area contributed by atoms with E-state index in [1.54, 1.807) is 18.2 Å². The van der Waals surface area contributed by atoms with Gasteiger partial charge in [0.1, 0.15) is 18.1 Å². The summed E-state index contributed by atoms with van der Waals surface area (Å²) < 4.78 is 18.4. The first kappa shape index (κ1) is 11.3. The number of aromatic hydroxyl groups is 2. The van der Waals surface area contributed by atoms with Crippen molar-refractivity contribution in [2.24, 2.45) is 0 Å². The van der Waals surface area contributed by atoms with E-state index in [-0.39, 0.29) is 18.1 Å². The van der Waals surface area contributed by atoms with Crippen molar-refractivity contribution in [3.63, 3.8) is 0 Å². The molecule has 17 heavy (non-hydrogen) atoms. The summed E-state index contributed by atoms with van der Waals surface area (Å²) in [5.41, 5.74) is 0.601. The molecular weight excluding hydrogens is 223 g/mol. The van der Waals surface area contributed by atoms with Crippen LogP contribution in [0.15, 0.2) is 42.5 Å². The van der Waals surface area contributed by atoms with Crippen LogP contribution in [0.25, 0.3) is 0 Å². The molecular formula is C13H11FO3. The Morgan fingerprint density at radius 1 is 1.06 bits per heavy atom. The highest BCUT2D eigenvalue weighted by molar-refractivity contribution is 5.32. The minimum absolute atomic E-state index is 0.111. The fourth-order valence-corrected chi connectivity index (χ4v) is 1.38. The van der Waals surface area contributed by atoms with Gasteiger partial charge in [-0.15, -0.1) is 0 Å². The van der Waals surface area contributed by atoms with Crippen LogP contribution in [0.4, 0.5) is 4.39 Å². The van der Waals surface area contributed by atoms with E-state index in [1.807, 2.05) is 0 Å². The average molecular weight is 234 g/mol. The summed E-state index contributed by atoms with van der Waals surface area (Å²) in [6, 6.07) is 10.4. The second-order valence-electron chi connectivity index (χ2n) is 3.57. The Labute approximate surface area is 97.7 Å². The number of ether oxygens (including phenoxy) is 1. The molecule has 0 fully saturated rings. The highest BCUT2D eigenvalue weighted by Gasteiger charge is 2.02. The molecule has 2 rings (SSSR count). The maximum Gasteiger partial charge on any atom is 0.165 e. The van der Waals surface area contributed by atoms with Gasteiger partial charge in [0.2, 0.25) is 0 Å².